The first-order valence-electron chi connectivity index (χ1n) is 4.66. The number of benzene rings is 1. The highest BCUT2D eigenvalue weighted by molar-refractivity contribution is 5.46. The molecule has 3 nitrogen and oxygen atoms in total. The van der Waals surface area contributed by atoms with Crippen LogP contribution in [0.4, 0.5) is 14.5 Å². The largest absolute Gasteiger partial charge is 0.373 e. The third-order valence-electron chi connectivity index (χ3n) is 2.16. The van der Waals surface area contributed by atoms with E-state index in [9.17, 15) is 8.78 Å². The van der Waals surface area contributed by atoms with Crippen LogP contribution in [-0.4, -0.2) is 26.2 Å². The van der Waals surface area contributed by atoms with Crippen molar-refractivity contribution in [1.29, 1.82) is 0 Å². The lowest BCUT2D eigenvalue weighted by Gasteiger charge is -2.22. The van der Waals surface area contributed by atoms with Gasteiger partial charge in [-0.3, -0.25) is 0 Å². The number of likely N-dealkylation sites (N-methyl/N-ethyl adjacent to an activating group) is 1. The fraction of sp³-hybridized carbons (Fsp3) is 0.400. The first kappa shape index (κ1) is 11.9. The molecule has 1 unspecified atom stereocenters. The van der Waals surface area contributed by atoms with Gasteiger partial charge in [-0.1, -0.05) is 0 Å². The highest BCUT2D eigenvalue weighted by Crippen LogP contribution is 2.16. The fourth-order valence-electron chi connectivity index (χ4n) is 1.25. The van der Waals surface area contributed by atoms with Crippen LogP contribution in [0.1, 0.15) is 0 Å². The van der Waals surface area contributed by atoms with Gasteiger partial charge in [-0.05, 0) is 12.1 Å². The van der Waals surface area contributed by atoms with E-state index < -0.39 is 11.6 Å². The monoisotopic (exact) mass is 215 g/mol. The molecule has 1 aromatic rings. The Kier molecular flexibility index (Phi) is 3.99. The Morgan fingerprint density at radius 3 is 2.53 bits per heavy atom. The van der Waals surface area contributed by atoms with Crippen molar-refractivity contribution in [3.8, 4) is 0 Å². The molecule has 0 radical (unpaired) electrons. The van der Waals surface area contributed by atoms with E-state index in [1.807, 2.05) is 0 Å². The lowest BCUT2D eigenvalue weighted by Crippen LogP contribution is -2.40. The van der Waals surface area contributed by atoms with Crippen LogP contribution in [0.3, 0.4) is 0 Å². The molecule has 0 aliphatic heterocycles. The smallest absolute Gasteiger partial charge is 0.160 e. The van der Waals surface area contributed by atoms with Gasteiger partial charge in [-0.25, -0.2) is 8.78 Å². The first-order valence-corrected chi connectivity index (χ1v) is 4.66. The molecule has 5 heteroatoms. The van der Waals surface area contributed by atoms with E-state index in [-0.39, 0.29) is 6.04 Å². The van der Waals surface area contributed by atoms with Gasteiger partial charge in [0, 0.05) is 37.9 Å². The molecule has 0 saturated heterocycles. The summed E-state index contributed by atoms with van der Waals surface area (Å²) >= 11 is 0. The number of hydrogen-bond acceptors (Lipinski definition) is 3. The van der Waals surface area contributed by atoms with Gasteiger partial charge in [-0.15, -0.1) is 0 Å². The molecule has 0 aliphatic carbocycles. The minimum Gasteiger partial charge on any atom is -0.373 e. The Labute approximate surface area is 87.7 Å². The van der Waals surface area contributed by atoms with Gasteiger partial charge in [0.25, 0.3) is 0 Å². The van der Waals surface area contributed by atoms with Gasteiger partial charge in [0.2, 0.25) is 0 Å². The molecule has 1 atom stereocenters. The minimum atomic E-state index is -0.860. The second kappa shape index (κ2) is 5.04. The van der Waals surface area contributed by atoms with Crippen LogP contribution in [0.15, 0.2) is 18.2 Å². The zero-order valence-corrected chi connectivity index (χ0v) is 8.58. The summed E-state index contributed by atoms with van der Waals surface area (Å²) in [7, 11) is 1.75. The maximum absolute atomic E-state index is 12.9. The van der Waals surface area contributed by atoms with Crippen molar-refractivity contribution in [1.82, 2.24) is 0 Å². The third-order valence-corrected chi connectivity index (χ3v) is 2.16. The summed E-state index contributed by atoms with van der Waals surface area (Å²) in [5.74, 6) is -1.71. The van der Waals surface area contributed by atoms with Crippen LogP contribution >= 0.6 is 0 Å². The molecule has 0 amide bonds. The van der Waals surface area contributed by atoms with Crippen molar-refractivity contribution >= 4 is 5.69 Å². The van der Waals surface area contributed by atoms with E-state index in [1.165, 1.54) is 6.07 Å². The van der Waals surface area contributed by atoms with Gasteiger partial charge in [-0.2, -0.15) is 0 Å². The summed E-state index contributed by atoms with van der Waals surface area (Å²) in [6.07, 6.45) is 0. The number of halogens is 2. The standard InChI is InChI=1S/C10H15F2N3/c1-15(6-7(14)5-13)8-2-3-9(11)10(12)4-8/h2-4,7H,5-6,13-14H2,1H3. The topological polar surface area (TPSA) is 55.3 Å². The Bertz CT molecular complexity index is 330. The quantitative estimate of drug-likeness (QED) is 0.776. The fourth-order valence-corrected chi connectivity index (χ4v) is 1.25. The summed E-state index contributed by atoms with van der Waals surface area (Å²) in [6, 6.07) is 3.55. The Morgan fingerprint density at radius 2 is 2.00 bits per heavy atom. The maximum Gasteiger partial charge on any atom is 0.160 e. The normalized spacial score (nSPS) is 12.6. The average molecular weight is 215 g/mol. The second-order valence-corrected chi connectivity index (χ2v) is 3.47. The molecule has 15 heavy (non-hydrogen) atoms. The molecular weight excluding hydrogens is 200 g/mol. The van der Waals surface area contributed by atoms with E-state index in [1.54, 1.807) is 11.9 Å². The van der Waals surface area contributed by atoms with Crippen LogP contribution in [0.25, 0.3) is 0 Å². The summed E-state index contributed by atoms with van der Waals surface area (Å²) in [5.41, 5.74) is 11.6. The summed E-state index contributed by atoms with van der Waals surface area (Å²) < 4.78 is 25.6. The molecule has 0 spiro atoms. The molecule has 0 saturated carbocycles. The number of nitrogens with zero attached hydrogens (tertiary/aromatic N) is 1. The molecular formula is C10H15F2N3. The van der Waals surface area contributed by atoms with Crippen molar-refractivity contribution in [2.75, 3.05) is 25.0 Å². The van der Waals surface area contributed by atoms with Crippen molar-refractivity contribution in [2.24, 2.45) is 11.5 Å². The first-order chi connectivity index (χ1) is 7.04. The van der Waals surface area contributed by atoms with Gasteiger partial charge in [0.05, 0.1) is 0 Å². The molecule has 0 fully saturated rings. The van der Waals surface area contributed by atoms with Crippen LogP contribution < -0.4 is 16.4 Å². The SMILES string of the molecule is CN(CC(N)CN)c1ccc(F)c(F)c1. The van der Waals surface area contributed by atoms with Gasteiger partial charge < -0.3 is 16.4 Å². The van der Waals surface area contributed by atoms with E-state index in [0.717, 1.165) is 12.1 Å². The van der Waals surface area contributed by atoms with E-state index >= 15 is 0 Å². The molecule has 0 aromatic heterocycles. The maximum atomic E-state index is 12.9. The predicted octanol–water partition coefficient (Wildman–Crippen LogP) is 0.687. The third kappa shape index (κ3) is 3.14. The Hall–Kier alpha value is -1.20. The van der Waals surface area contributed by atoms with Crippen LogP contribution in [-0.2, 0) is 0 Å². The average Bonchev–Trinajstić information content (AvgIpc) is 2.21. The van der Waals surface area contributed by atoms with E-state index in [2.05, 4.69) is 0 Å². The molecule has 1 rings (SSSR count). The summed E-state index contributed by atoms with van der Waals surface area (Å²) in [6.45, 7) is 0.857. The van der Waals surface area contributed by atoms with Crippen molar-refractivity contribution in [3.63, 3.8) is 0 Å². The lowest BCUT2D eigenvalue weighted by atomic mass is 10.2. The summed E-state index contributed by atoms with van der Waals surface area (Å²) in [5, 5.41) is 0. The van der Waals surface area contributed by atoms with Crippen molar-refractivity contribution < 1.29 is 8.78 Å². The second-order valence-electron chi connectivity index (χ2n) is 3.47. The van der Waals surface area contributed by atoms with Crippen LogP contribution in [0.2, 0.25) is 0 Å². The summed E-state index contributed by atoms with van der Waals surface area (Å²) in [4.78, 5) is 1.74. The van der Waals surface area contributed by atoms with Gasteiger partial charge in [0.1, 0.15) is 0 Å². The zero-order chi connectivity index (χ0) is 11.4. The highest BCUT2D eigenvalue weighted by Gasteiger charge is 2.08. The lowest BCUT2D eigenvalue weighted by molar-refractivity contribution is 0.508. The van der Waals surface area contributed by atoms with Gasteiger partial charge >= 0.3 is 0 Å². The van der Waals surface area contributed by atoms with Crippen molar-refractivity contribution in [2.45, 2.75) is 6.04 Å². The van der Waals surface area contributed by atoms with Gasteiger partial charge in [0.15, 0.2) is 11.6 Å². The number of nitrogens with two attached hydrogens (primary N) is 2. The van der Waals surface area contributed by atoms with Crippen LogP contribution in [0, 0.1) is 11.6 Å². The highest BCUT2D eigenvalue weighted by atomic mass is 19.2. The Morgan fingerprint density at radius 1 is 1.33 bits per heavy atom. The molecule has 0 aliphatic rings. The zero-order valence-electron chi connectivity index (χ0n) is 8.58. The molecule has 0 bridgehead atoms. The molecule has 0 heterocycles. The van der Waals surface area contributed by atoms with Crippen LogP contribution in [0.5, 0.6) is 0 Å². The predicted molar refractivity (Wildman–Crippen MR) is 56.7 cm³/mol. The van der Waals surface area contributed by atoms with Crippen molar-refractivity contribution in [3.05, 3.63) is 29.8 Å². The molecule has 84 valence electrons. The molecule has 1 aromatic carbocycles. The Balaban J connectivity index is 2.73. The number of hydrogen-bond donors (Lipinski definition) is 2. The van der Waals surface area contributed by atoms with E-state index in [4.69, 9.17) is 11.5 Å². The molecule has 4 N–H and O–H groups in total. The minimum absolute atomic E-state index is 0.178. The van der Waals surface area contributed by atoms with E-state index in [0.29, 0.717) is 18.8 Å². The number of rotatable bonds is 4. The number of anilines is 1.